The van der Waals surface area contributed by atoms with Crippen LogP contribution in [0.3, 0.4) is 0 Å². The van der Waals surface area contributed by atoms with E-state index in [9.17, 15) is 0 Å². The van der Waals surface area contributed by atoms with Crippen LogP contribution in [0.4, 0.5) is 0 Å². The molecule has 0 aromatic rings. The number of rotatable bonds is 5. The number of allylic oxidation sites excluding steroid dienone is 1. The van der Waals surface area contributed by atoms with E-state index in [0.717, 1.165) is 19.3 Å². The maximum absolute atomic E-state index is 4.63. The van der Waals surface area contributed by atoms with Crippen molar-refractivity contribution in [1.29, 1.82) is 0 Å². The van der Waals surface area contributed by atoms with Gasteiger partial charge in [0.05, 0.1) is 0 Å². The molecule has 2 heteroatoms. The summed E-state index contributed by atoms with van der Waals surface area (Å²) in [4.78, 5) is 0. The van der Waals surface area contributed by atoms with Crippen LogP contribution < -0.4 is 0 Å². The van der Waals surface area contributed by atoms with Crippen molar-refractivity contribution in [3.05, 3.63) is 24.8 Å². The molecule has 0 amide bonds. The summed E-state index contributed by atoms with van der Waals surface area (Å²) in [7, 11) is 0. The molecule has 0 radical (unpaired) electrons. The molecular weight excluding hydrogens is 196 g/mol. The van der Waals surface area contributed by atoms with E-state index in [1.807, 2.05) is 6.08 Å². The lowest BCUT2D eigenvalue weighted by atomic mass is 9.97. The highest BCUT2D eigenvalue weighted by Gasteiger charge is 2.50. The van der Waals surface area contributed by atoms with Gasteiger partial charge in [0, 0.05) is 10.00 Å². The van der Waals surface area contributed by atoms with Crippen LogP contribution in [0.25, 0.3) is 0 Å². The maximum Gasteiger partial charge on any atom is 0.0492 e. The SMILES string of the molecule is C=CCCC(C)C(S)C1(S)CC1=C. The average Bonchev–Trinajstić information content (AvgIpc) is 2.70. The van der Waals surface area contributed by atoms with E-state index in [4.69, 9.17) is 0 Å². The van der Waals surface area contributed by atoms with Crippen LogP contribution >= 0.6 is 25.3 Å². The first-order valence-electron chi connectivity index (χ1n) is 4.72. The summed E-state index contributed by atoms with van der Waals surface area (Å²) in [5, 5.41) is 0.336. The summed E-state index contributed by atoms with van der Waals surface area (Å²) in [6.45, 7) is 9.91. The van der Waals surface area contributed by atoms with E-state index in [1.54, 1.807) is 0 Å². The second kappa shape index (κ2) is 4.14. The maximum atomic E-state index is 4.63. The fraction of sp³-hybridized carbons (Fsp3) is 0.636. The van der Waals surface area contributed by atoms with Gasteiger partial charge in [-0.2, -0.15) is 25.3 Å². The molecule has 0 nitrogen and oxygen atoms in total. The van der Waals surface area contributed by atoms with Crippen molar-refractivity contribution in [2.45, 2.75) is 36.2 Å². The minimum atomic E-state index is 0.0176. The zero-order valence-corrected chi connectivity index (χ0v) is 9.95. The Hall–Kier alpha value is 0.180. The molecule has 1 saturated carbocycles. The van der Waals surface area contributed by atoms with Gasteiger partial charge >= 0.3 is 0 Å². The van der Waals surface area contributed by atoms with Crippen LogP contribution in [-0.4, -0.2) is 10.00 Å². The standard InChI is InChI=1S/C11H18S2/c1-4-5-6-8(2)10(12)11(13)7-9(11)3/h4,8,10,12-13H,1,3,5-7H2,2H3. The fourth-order valence-electron chi connectivity index (χ4n) is 1.60. The van der Waals surface area contributed by atoms with Crippen LogP contribution in [-0.2, 0) is 0 Å². The van der Waals surface area contributed by atoms with E-state index >= 15 is 0 Å². The van der Waals surface area contributed by atoms with Gasteiger partial charge in [-0.3, -0.25) is 0 Å². The molecule has 3 unspecified atom stereocenters. The molecule has 0 aromatic carbocycles. The molecule has 1 fully saturated rings. The lowest BCUT2D eigenvalue weighted by Crippen LogP contribution is -2.24. The molecule has 0 spiro atoms. The van der Waals surface area contributed by atoms with Crippen LogP contribution in [0.1, 0.15) is 26.2 Å². The minimum Gasteiger partial charge on any atom is -0.174 e. The third-order valence-corrected chi connectivity index (χ3v) is 4.73. The first-order chi connectivity index (χ1) is 6.02. The zero-order chi connectivity index (χ0) is 10.1. The van der Waals surface area contributed by atoms with Gasteiger partial charge in [-0.05, 0) is 25.2 Å². The Balaban J connectivity index is 2.43. The predicted molar refractivity (Wildman–Crippen MR) is 66.8 cm³/mol. The second-order valence-electron chi connectivity index (χ2n) is 3.99. The Morgan fingerprint density at radius 3 is 2.62 bits per heavy atom. The summed E-state index contributed by atoms with van der Waals surface area (Å²) >= 11 is 9.24. The fourth-order valence-corrected chi connectivity index (χ4v) is 2.47. The molecule has 1 rings (SSSR count). The summed E-state index contributed by atoms with van der Waals surface area (Å²) in [6, 6.07) is 0. The van der Waals surface area contributed by atoms with Crippen molar-refractivity contribution < 1.29 is 0 Å². The third kappa shape index (κ3) is 2.35. The van der Waals surface area contributed by atoms with E-state index in [2.05, 4.69) is 45.3 Å². The molecule has 0 N–H and O–H groups in total. The van der Waals surface area contributed by atoms with Gasteiger partial charge in [-0.15, -0.1) is 6.58 Å². The van der Waals surface area contributed by atoms with Crippen molar-refractivity contribution in [2.75, 3.05) is 0 Å². The number of thiol groups is 2. The Bertz CT molecular complexity index is 222. The highest BCUT2D eigenvalue weighted by atomic mass is 32.1. The minimum absolute atomic E-state index is 0.0176. The summed E-state index contributed by atoms with van der Waals surface area (Å²) in [5.41, 5.74) is 1.24. The van der Waals surface area contributed by atoms with Crippen molar-refractivity contribution in [2.24, 2.45) is 5.92 Å². The van der Waals surface area contributed by atoms with Gasteiger partial charge in [0.25, 0.3) is 0 Å². The smallest absolute Gasteiger partial charge is 0.0492 e. The Kier molecular flexibility index (Phi) is 3.58. The molecular formula is C11H18S2. The molecule has 0 saturated heterocycles. The second-order valence-corrected chi connectivity index (χ2v) is 5.35. The van der Waals surface area contributed by atoms with E-state index in [0.29, 0.717) is 11.2 Å². The number of hydrogen-bond acceptors (Lipinski definition) is 2. The van der Waals surface area contributed by atoms with Crippen molar-refractivity contribution in [1.82, 2.24) is 0 Å². The van der Waals surface area contributed by atoms with E-state index in [1.165, 1.54) is 5.57 Å². The third-order valence-electron chi connectivity index (χ3n) is 2.82. The van der Waals surface area contributed by atoms with Crippen molar-refractivity contribution in [3.63, 3.8) is 0 Å². The highest BCUT2D eigenvalue weighted by molar-refractivity contribution is 7.86. The van der Waals surface area contributed by atoms with Gasteiger partial charge in [0.2, 0.25) is 0 Å². The zero-order valence-electron chi connectivity index (χ0n) is 8.16. The molecule has 74 valence electrons. The molecule has 0 aliphatic heterocycles. The van der Waals surface area contributed by atoms with E-state index in [-0.39, 0.29) is 4.75 Å². The molecule has 1 aliphatic rings. The molecule has 0 aromatic heterocycles. The van der Waals surface area contributed by atoms with Crippen LogP contribution in [0.15, 0.2) is 24.8 Å². The largest absolute Gasteiger partial charge is 0.174 e. The normalized spacial score (nSPS) is 31.2. The summed E-state index contributed by atoms with van der Waals surface area (Å²) in [5.74, 6) is 0.582. The van der Waals surface area contributed by atoms with Crippen LogP contribution in [0, 0.1) is 5.92 Å². The van der Waals surface area contributed by atoms with Gasteiger partial charge in [0.1, 0.15) is 0 Å². The lowest BCUT2D eigenvalue weighted by molar-refractivity contribution is 0.505. The topological polar surface area (TPSA) is 0 Å². The van der Waals surface area contributed by atoms with Gasteiger partial charge in [0.15, 0.2) is 0 Å². The number of hydrogen-bond donors (Lipinski definition) is 2. The van der Waals surface area contributed by atoms with Crippen molar-refractivity contribution in [3.8, 4) is 0 Å². The predicted octanol–water partition coefficient (Wildman–Crippen LogP) is 3.52. The Morgan fingerprint density at radius 1 is 1.69 bits per heavy atom. The van der Waals surface area contributed by atoms with E-state index < -0.39 is 0 Å². The Morgan fingerprint density at radius 2 is 2.23 bits per heavy atom. The quantitative estimate of drug-likeness (QED) is 0.508. The monoisotopic (exact) mass is 214 g/mol. The Labute approximate surface area is 92.3 Å². The van der Waals surface area contributed by atoms with Gasteiger partial charge in [-0.1, -0.05) is 25.2 Å². The molecule has 0 bridgehead atoms. The van der Waals surface area contributed by atoms with Gasteiger partial charge in [-0.25, -0.2) is 0 Å². The van der Waals surface area contributed by atoms with Crippen LogP contribution in [0.2, 0.25) is 0 Å². The van der Waals surface area contributed by atoms with Crippen molar-refractivity contribution >= 4 is 25.3 Å². The molecule has 0 heterocycles. The average molecular weight is 214 g/mol. The lowest BCUT2D eigenvalue weighted by Gasteiger charge is -2.23. The first-order valence-corrected chi connectivity index (χ1v) is 5.68. The molecule has 3 atom stereocenters. The first kappa shape index (κ1) is 11.3. The summed E-state index contributed by atoms with van der Waals surface area (Å²) < 4.78 is 0.0176. The van der Waals surface area contributed by atoms with Crippen LogP contribution in [0.5, 0.6) is 0 Å². The highest BCUT2D eigenvalue weighted by Crippen LogP contribution is 2.54. The molecule has 1 aliphatic carbocycles. The molecule has 13 heavy (non-hydrogen) atoms. The van der Waals surface area contributed by atoms with Gasteiger partial charge < -0.3 is 0 Å². The summed E-state index contributed by atoms with van der Waals surface area (Å²) in [6.07, 6.45) is 5.20.